The van der Waals surface area contributed by atoms with Crippen LogP contribution in [-0.4, -0.2) is 28.5 Å². The smallest absolute Gasteiger partial charge is 0.313 e. The van der Waals surface area contributed by atoms with Crippen LogP contribution in [-0.2, 0) is 16.0 Å². The van der Waals surface area contributed by atoms with Crippen LogP contribution in [0.1, 0.15) is 19.5 Å². The van der Waals surface area contributed by atoms with Gasteiger partial charge in [0, 0.05) is 30.7 Å². The molecule has 2 rings (SSSR count). The first-order chi connectivity index (χ1) is 8.59. The number of carbonyl (C=O) groups excluding carboxylic acids is 1. The molecule has 2 N–H and O–H groups in total. The monoisotopic (exact) mass is 267 g/mol. The lowest BCUT2D eigenvalue weighted by molar-refractivity contribution is -0.153. The number of rotatable bonds is 5. The lowest BCUT2D eigenvalue weighted by Gasteiger charge is -2.24. The summed E-state index contributed by atoms with van der Waals surface area (Å²) in [5.74, 6) is -0.260. The zero-order valence-electron chi connectivity index (χ0n) is 10.5. The van der Waals surface area contributed by atoms with Gasteiger partial charge in [-0.2, -0.15) is 0 Å². The fraction of sp³-hybridized carbons (Fsp3) is 0.500. The summed E-state index contributed by atoms with van der Waals surface area (Å²) in [7, 11) is 0. The van der Waals surface area contributed by atoms with Crippen molar-refractivity contribution in [3.8, 4) is 0 Å². The van der Waals surface area contributed by atoms with Gasteiger partial charge in [-0.3, -0.25) is 9.20 Å². The largest absolute Gasteiger partial charge is 0.466 e. The number of esters is 1. The Morgan fingerprint density at radius 1 is 1.67 bits per heavy atom. The van der Waals surface area contributed by atoms with Crippen molar-refractivity contribution in [1.29, 1.82) is 0 Å². The third kappa shape index (κ3) is 2.39. The van der Waals surface area contributed by atoms with Gasteiger partial charge in [0.25, 0.3) is 0 Å². The highest BCUT2D eigenvalue weighted by atomic mass is 32.1. The molecule has 0 saturated heterocycles. The van der Waals surface area contributed by atoms with E-state index in [0.29, 0.717) is 13.0 Å². The molecule has 2 heterocycles. The van der Waals surface area contributed by atoms with Crippen LogP contribution in [0.15, 0.2) is 17.8 Å². The molecule has 0 bridgehead atoms. The normalized spacial score (nSPS) is 14.6. The van der Waals surface area contributed by atoms with Gasteiger partial charge >= 0.3 is 5.97 Å². The predicted molar refractivity (Wildman–Crippen MR) is 70.6 cm³/mol. The Bertz CT molecular complexity index is 520. The van der Waals surface area contributed by atoms with Crippen molar-refractivity contribution in [1.82, 2.24) is 9.38 Å². The highest BCUT2D eigenvalue weighted by molar-refractivity contribution is 7.15. The summed E-state index contributed by atoms with van der Waals surface area (Å²) >= 11 is 1.56. The van der Waals surface area contributed by atoms with Gasteiger partial charge in [-0.05, 0) is 13.8 Å². The zero-order chi connectivity index (χ0) is 13.2. The lowest BCUT2D eigenvalue weighted by atomic mass is 9.86. The van der Waals surface area contributed by atoms with Crippen LogP contribution in [0, 0.1) is 5.41 Å². The second kappa shape index (κ2) is 5.07. The maximum Gasteiger partial charge on any atom is 0.313 e. The Morgan fingerprint density at radius 3 is 3.06 bits per heavy atom. The number of nitrogens with zero attached hydrogens (tertiary/aromatic N) is 2. The Kier molecular flexibility index (Phi) is 3.68. The summed E-state index contributed by atoms with van der Waals surface area (Å²) in [6, 6.07) is 0. The molecule has 0 saturated carbocycles. The van der Waals surface area contributed by atoms with Gasteiger partial charge in [0.15, 0.2) is 4.96 Å². The summed E-state index contributed by atoms with van der Waals surface area (Å²) in [6.45, 7) is 4.23. The van der Waals surface area contributed by atoms with Gasteiger partial charge in [0.1, 0.15) is 0 Å². The number of hydrogen-bond donors (Lipinski definition) is 1. The van der Waals surface area contributed by atoms with Crippen molar-refractivity contribution >= 4 is 22.3 Å². The van der Waals surface area contributed by atoms with Crippen LogP contribution in [0.4, 0.5) is 0 Å². The van der Waals surface area contributed by atoms with E-state index in [1.165, 1.54) is 0 Å². The molecule has 0 aliphatic heterocycles. The van der Waals surface area contributed by atoms with Crippen LogP contribution < -0.4 is 5.73 Å². The molecule has 0 fully saturated rings. The quantitative estimate of drug-likeness (QED) is 0.833. The van der Waals surface area contributed by atoms with Crippen molar-refractivity contribution in [3.05, 3.63) is 23.5 Å². The van der Waals surface area contributed by atoms with Crippen molar-refractivity contribution in [2.75, 3.05) is 13.2 Å². The van der Waals surface area contributed by atoms with Crippen LogP contribution in [0.5, 0.6) is 0 Å². The van der Waals surface area contributed by atoms with E-state index < -0.39 is 5.41 Å². The number of aromatic nitrogens is 2. The molecular formula is C12H17N3O2S. The topological polar surface area (TPSA) is 69.6 Å². The van der Waals surface area contributed by atoms with Gasteiger partial charge in [0.05, 0.1) is 17.7 Å². The fourth-order valence-corrected chi connectivity index (χ4v) is 2.51. The molecule has 1 unspecified atom stereocenters. The molecule has 0 aliphatic rings. The minimum Gasteiger partial charge on any atom is -0.466 e. The van der Waals surface area contributed by atoms with Crippen LogP contribution in [0.3, 0.4) is 0 Å². The Morgan fingerprint density at radius 2 is 2.44 bits per heavy atom. The maximum atomic E-state index is 11.9. The molecule has 5 nitrogen and oxygen atoms in total. The van der Waals surface area contributed by atoms with Crippen molar-refractivity contribution < 1.29 is 9.53 Å². The minimum atomic E-state index is -0.708. The fourth-order valence-electron chi connectivity index (χ4n) is 1.79. The molecule has 0 amide bonds. The van der Waals surface area contributed by atoms with Crippen LogP contribution in [0.2, 0.25) is 0 Å². The summed E-state index contributed by atoms with van der Waals surface area (Å²) in [5.41, 5.74) is 5.88. The number of carbonyl (C=O) groups is 1. The van der Waals surface area contributed by atoms with Crippen molar-refractivity contribution in [3.63, 3.8) is 0 Å². The summed E-state index contributed by atoms with van der Waals surface area (Å²) < 4.78 is 7.02. The van der Waals surface area contributed by atoms with Crippen LogP contribution >= 0.6 is 11.3 Å². The van der Waals surface area contributed by atoms with Gasteiger partial charge in [-0.15, -0.1) is 11.3 Å². The van der Waals surface area contributed by atoms with Crippen LogP contribution in [0.25, 0.3) is 4.96 Å². The number of nitrogens with two attached hydrogens (primary N) is 1. The summed E-state index contributed by atoms with van der Waals surface area (Å²) in [4.78, 5) is 17.3. The van der Waals surface area contributed by atoms with Crippen molar-refractivity contribution in [2.24, 2.45) is 11.1 Å². The molecule has 0 aromatic carbocycles. The van der Waals surface area contributed by atoms with Gasteiger partial charge in [-0.1, -0.05) is 0 Å². The molecule has 0 radical (unpaired) electrons. The highest BCUT2D eigenvalue weighted by Crippen LogP contribution is 2.24. The molecule has 18 heavy (non-hydrogen) atoms. The Labute approximate surface area is 110 Å². The second-order valence-corrected chi connectivity index (χ2v) is 5.36. The van der Waals surface area contributed by atoms with E-state index >= 15 is 0 Å². The molecule has 1 atom stereocenters. The number of ether oxygens (including phenoxy) is 1. The Balaban J connectivity index is 2.19. The van der Waals surface area contributed by atoms with Gasteiger partial charge in [0.2, 0.25) is 0 Å². The first-order valence-electron chi connectivity index (χ1n) is 5.87. The van der Waals surface area contributed by atoms with E-state index in [0.717, 1.165) is 10.7 Å². The average molecular weight is 267 g/mol. The van der Waals surface area contributed by atoms with E-state index in [1.807, 2.05) is 29.1 Å². The molecule has 0 spiro atoms. The predicted octanol–water partition coefficient (Wildman–Crippen LogP) is 1.47. The second-order valence-electron chi connectivity index (χ2n) is 4.49. The summed E-state index contributed by atoms with van der Waals surface area (Å²) in [5, 5.41) is 1.97. The molecule has 0 aliphatic carbocycles. The van der Waals surface area contributed by atoms with E-state index in [1.54, 1.807) is 18.3 Å². The molecular weight excluding hydrogens is 250 g/mol. The standard InChI is InChI=1S/C12H17N3O2S/c1-3-17-10(16)12(2,8-13)6-9-7-15-4-5-18-11(15)14-9/h4-5,7H,3,6,8,13H2,1-2H3. The number of imidazole rings is 1. The first-order valence-corrected chi connectivity index (χ1v) is 6.75. The number of hydrogen-bond acceptors (Lipinski definition) is 5. The third-order valence-electron chi connectivity index (χ3n) is 2.93. The minimum absolute atomic E-state index is 0.247. The molecule has 98 valence electrons. The molecule has 6 heteroatoms. The number of thiazole rings is 1. The third-order valence-corrected chi connectivity index (χ3v) is 3.70. The highest BCUT2D eigenvalue weighted by Gasteiger charge is 2.34. The van der Waals surface area contributed by atoms with E-state index in [-0.39, 0.29) is 12.5 Å². The molecule has 2 aromatic rings. The SMILES string of the molecule is CCOC(=O)C(C)(CN)Cc1cn2ccsc2n1. The zero-order valence-corrected chi connectivity index (χ0v) is 11.4. The van der Waals surface area contributed by atoms with Gasteiger partial charge < -0.3 is 10.5 Å². The van der Waals surface area contributed by atoms with E-state index in [2.05, 4.69) is 4.98 Å². The lowest BCUT2D eigenvalue weighted by Crippen LogP contribution is -2.39. The maximum absolute atomic E-state index is 11.9. The Hall–Kier alpha value is -1.40. The van der Waals surface area contributed by atoms with Gasteiger partial charge in [-0.25, -0.2) is 4.98 Å². The van der Waals surface area contributed by atoms with E-state index in [4.69, 9.17) is 10.5 Å². The molecule has 2 aromatic heterocycles. The average Bonchev–Trinajstić information content (AvgIpc) is 2.89. The van der Waals surface area contributed by atoms with Crippen molar-refractivity contribution in [2.45, 2.75) is 20.3 Å². The summed E-state index contributed by atoms with van der Waals surface area (Å²) in [6.07, 6.45) is 4.37. The van der Waals surface area contributed by atoms with E-state index in [9.17, 15) is 4.79 Å². The number of fused-ring (bicyclic) bond motifs is 1. The first kappa shape index (κ1) is 13.0.